The number of pyridine rings is 1. The molecule has 26 heavy (non-hydrogen) atoms. The summed E-state index contributed by atoms with van der Waals surface area (Å²) < 4.78 is 2.05. The van der Waals surface area contributed by atoms with Gasteiger partial charge in [-0.2, -0.15) is 5.10 Å². The molecule has 2 aliphatic heterocycles. The second kappa shape index (κ2) is 7.55. The van der Waals surface area contributed by atoms with Crippen LogP contribution in [0.1, 0.15) is 29.8 Å². The molecular formula is C19H26N6O. The van der Waals surface area contributed by atoms with Gasteiger partial charge in [-0.25, -0.2) is 0 Å². The van der Waals surface area contributed by atoms with Gasteiger partial charge in [-0.1, -0.05) is 6.07 Å². The molecule has 1 saturated heterocycles. The van der Waals surface area contributed by atoms with Crippen LogP contribution in [0.25, 0.3) is 0 Å². The number of rotatable bonds is 5. The molecule has 1 unspecified atom stereocenters. The molecule has 4 rings (SSSR count). The van der Waals surface area contributed by atoms with Crippen molar-refractivity contribution in [2.45, 2.75) is 45.1 Å². The minimum absolute atomic E-state index is 0.0495. The van der Waals surface area contributed by atoms with Crippen LogP contribution in [-0.2, 0) is 31.0 Å². The van der Waals surface area contributed by atoms with E-state index in [1.165, 1.54) is 5.69 Å². The van der Waals surface area contributed by atoms with E-state index in [-0.39, 0.29) is 11.9 Å². The molecule has 2 aromatic rings. The number of hydrogen-bond acceptors (Lipinski definition) is 5. The summed E-state index contributed by atoms with van der Waals surface area (Å²) in [4.78, 5) is 21.6. The molecule has 0 aliphatic carbocycles. The van der Waals surface area contributed by atoms with Crippen LogP contribution in [0.5, 0.6) is 0 Å². The summed E-state index contributed by atoms with van der Waals surface area (Å²) in [6, 6.07) is 5.89. The zero-order chi connectivity index (χ0) is 17.9. The standard InChI is InChI=1S/C19H26N6O/c1-23(13-15-11-22-25-10-8-20-12-18(15)25)19(26)17-6-4-9-24(17)14-16-5-2-3-7-21-16/h2-3,5,7,11,17,20H,4,6,8-10,12-14H2,1H3. The van der Waals surface area contributed by atoms with Crippen LogP contribution < -0.4 is 5.32 Å². The van der Waals surface area contributed by atoms with Gasteiger partial charge in [0.15, 0.2) is 0 Å². The maximum absolute atomic E-state index is 13.1. The topological polar surface area (TPSA) is 66.3 Å². The van der Waals surface area contributed by atoms with Gasteiger partial charge in [-0.15, -0.1) is 0 Å². The van der Waals surface area contributed by atoms with Crippen LogP contribution in [-0.4, -0.2) is 56.7 Å². The molecule has 2 aliphatic rings. The highest BCUT2D eigenvalue weighted by Gasteiger charge is 2.33. The molecule has 138 valence electrons. The molecule has 1 amide bonds. The number of nitrogens with zero attached hydrogens (tertiary/aromatic N) is 5. The first kappa shape index (κ1) is 17.2. The Balaban J connectivity index is 1.42. The van der Waals surface area contributed by atoms with Crippen molar-refractivity contribution in [3.8, 4) is 0 Å². The van der Waals surface area contributed by atoms with Crippen molar-refractivity contribution in [1.82, 2.24) is 29.9 Å². The second-order valence-corrected chi connectivity index (χ2v) is 7.16. The number of hydrogen-bond donors (Lipinski definition) is 1. The highest BCUT2D eigenvalue weighted by molar-refractivity contribution is 5.82. The quantitative estimate of drug-likeness (QED) is 0.868. The summed E-state index contributed by atoms with van der Waals surface area (Å²) in [5, 5.41) is 7.84. The Bertz CT molecular complexity index is 759. The molecule has 7 heteroatoms. The van der Waals surface area contributed by atoms with Gasteiger partial charge in [0, 0.05) is 45.0 Å². The van der Waals surface area contributed by atoms with Gasteiger partial charge in [0.05, 0.1) is 30.2 Å². The third-order valence-electron chi connectivity index (χ3n) is 5.35. The molecule has 0 spiro atoms. The molecule has 7 nitrogen and oxygen atoms in total. The van der Waals surface area contributed by atoms with Crippen molar-refractivity contribution in [3.05, 3.63) is 47.5 Å². The summed E-state index contributed by atoms with van der Waals surface area (Å²) in [7, 11) is 1.90. The lowest BCUT2D eigenvalue weighted by Crippen LogP contribution is -2.43. The maximum atomic E-state index is 13.1. The lowest BCUT2D eigenvalue weighted by molar-refractivity contribution is -0.135. The van der Waals surface area contributed by atoms with Crippen molar-refractivity contribution < 1.29 is 4.79 Å². The van der Waals surface area contributed by atoms with Crippen LogP contribution in [0.3, 0.4) is 0 Å². The van der Waals surface area contributed by atoms with Crippen molar-refractivity contribution in [2.24, 2.45) is 0 Å². The predicted octanol–water partition coefficient (Wildman–Crippen LogP) is 1.00. The van der Waals surface area contributed by atoms with Crippen LogP contribution in [0.15, 0.2) is 30.6 Å². The van der Waals surface area contributed by atoms with Gasteiger partial charge in [-0.05, 0) is 31.5 Å². The molecule has 2 aromatic heterocycles. The first-order valence-electron chi connectivity index (χ1n) is 9.35. The van der Waals surface area contributed by atoms with E-state index >= 15 is 0 Å². The molecule has 1 N–H and O–H groups in total. The Morgan fingerprint density at radius 2 is 2.31 bits per heavy atom. The number of nitrogens with one attached hydrogen (secondary N) is 1. The fraction of sp³-hybridized carbons (Fsp3) is 0.526. The largest absolute Gasteiger partial charge is 0.340 e. The minimum atomic E-state index is -0.0495. The van der Waals surface area contributed by atoms with Crippen LogP contribution in [0.2, 0.25) is 0 Å². The van der Waals surface area contributed by atoms with E-state index in [1.54, 1.807) is 0 Å². The van der Waals surface area contributed by atoms with Crippen LogP contribution in [0.4, 0.5) is 0 Å². The Kier molecular flexibility index (Phi) is 4.99. The lowest BCUT2D eigenvalue weighted by atomic mass is 10.1. The third-order valence-corrected chi connectivity index (χ3v) is 5.35. The molecule has 0 saturated carbocycles. The Morgan fingerprint density at radius 3 is 3.15 bits per heavy atom. The first-order chi connectivity index (χ1) is 12.7. The van der Waals surface area contributed by atoms with Gasteiger partial charge >= 0.3 is 0 Å². The normalized spacial score (nSPS) is 20.1. The van der Waals surface area contributed by atoms with Crippen molar-refractivity contribution >= 4 is 5.91 Å². The molecule has 0 radical (unpaired) electrons. The fourth-order valence-electron chi connectivity index (χ4n) is 3.95. The van der Waals surface area contributed by atoms with Gasteiger partial charge in [0.1, 0.15) is 0 Å². The summed E-state index contributed by atoms with van der Waals surface area (Å²) in [6.07, 6.45) is 5.70. The molecular weight excluding hydrogens is 328 g/mol. The third kappa shape index (κ3) is 3.50. The SMILES string of the molecule is CN(Cc1cnn2c1CNCC2)C(=O)C1CCCN1Cc1ccccn1. The van der Waals surface area contributed by atoms with E-state index in [4.69, 9.17) is 0 Å². The van der Waals surface area contributed by atoms with Crippen LogP contribution in [0, 0.1) is 0 Å². The van der Waals surface area contributed by atoms with E-state index in [2.05, 4.69) is 20.3 Å². The van der Waals surface area contributed by atoms with E-state index in [0.29, 0.717) is 6.54 Å². The molecule has 1 fully saturated rings. The van der Waals surface area contributed by atoms with E-state index < -0.39 is 0 Å². The molecule has 1 atom stereocenters. The first-order valence-corrected chi connectivity index (χ1v) is 9.35. The zero-order valence-corrected chi connectivity index (χ0v) is 15.3. The minimum Gasteiger partial charge on any atom is -0.340 e. The number of likely N-dealkylation sites (tertiary alicyclic amines) is 1. The average molecular weight is 354 g/mol. The van der Waals surface area contributed by atoms with Gasteiger partial charge < -0.3 is 10.2 Å². The number of carbonyl (C=O) groups excluding carboxylic acids is 1. The Hall–Kier alpha value is -2.25. The summed E-state index contributed by atoms with van der Waals surface area (Å²) in [5.41, 5.74) is 3.36. The summed E-state index contributed by atoms with van der Waals surface area (Å²) in [5.74, 6) is 0.196. The fourth-order valence-corrected chi connectivity index (χ4v) is 3.95. The number of aromatic nitrogens is 3. The summed E-state index contributed by atoms with van der Waals surface area (Å²) >= 11 is 0. The Morgan fingerprint density at radius 1 is 1.38 bits per heavy atom. The van der Waals surface area contributed by atoms with Crippen molar-refractivity contribution in [2.75, 3.05) is 20.1 Å². The van der Waals surface area contributed by atoms with E-state index in [9.17, 15) is 4.79 Å². The Labute approximate surface area is 154 Å². The highest BCUT2D eigenvalue weighted by atomic mass is 16.2. The zero-order valence-electron chi connectivity index (χ0n) is 15.3. The lowest BCUT2D eigenvalue weighted by Gasteiger charge is -2.28. The molecule has 0 aromatic carbocycles. The van der Waals surface area contributed by atoms with E-state index in [1.807, 2.05) is 47.2 Å². The number of amides is 1. The van der Waals surface area contributed by atoms with Crippen molar-refractivity contribution in [1.29, 1.82) is 0 Å². The van der Waals surface area contributed by atoms with Gasteiger partial charge in [0.25, 0.3) is 0 Å². The highest BCUT2D eigenvalue weighted by Crippen LogP contribution is 2.22. The average Bonchev–Trinajstić information content (AvgIpc) is 3.29. The van der Waals surface area contributed by atoms with E-state index in [0.717, 1.165) is 56.8 Å². The smallest absolute Gasteiger partial charge is 0.239 e. The maximum Gasteiger partial charge on any atom is 0.239 e. The van der Waals surface area contributed by atoms with Crippen molar-refractivity contribution in [3.63, 3.8) is 0 Å². The molecule has 4 heterocycles. The number of likely N-dealkylation sites (N-methyl/N-ethyl adjacent to an activating group) is 1. The summed E-state index contributed by atoms with van der Waals surface area (Å²) in [6.45, 7) is 4.98. The number of carbonyl (C=O) groups is 1. The number of fused-ring (bicyclic) bond motifs is 1. The van der Waals surface area contributed by atoms with Gasteiger partial charge in [0.2, 0.25) is 5.91 Å². The molecule has 0 bridgehead atoms. The van der Waals surface area contributed by atoms with Gasteiger partial charge in [-0.3, -0.25) is 19.4 Å². The monoisotopic (exact) mass is 354 g/mol. The second-order valence-electron chi connectivity index (χ2n) is 7.16. The predicted molar refractivity (Wildman–Crippen MR) is 98.1 cm³/mol. The van der Waals surface area contributed by atoms with Crippen LogP contribution >= 0.6 is 0 Å².